The van der Waals surface area contributed by atoms with Gasteiger partial charge in [-0.3, -0.25) is 4.90 Å². The van der Waals surface area contributed by atoms with E-state index < -0.39 is 0 Å². The van der Waals surface area contributed by atoms with Crippen molar-refractivity contribution in [2.24, 2.45) is 5.73 Å². The van der Waals surface area contributed by atoms with Gasteiger partial charge in [-0.05, 0) is 31.0 Å². The van der Waals surface area contributed by atoms with E-state index in [9.17, 15) is 0 Å². The number of thiocarbonyl (C=S) groups is 1. The molecular formula is C15H18N2S2. The maximum Gasteiger partial charge on any atom is 0.104 e. The fraction of sp³-hybridized carbons (Fsp3) is 0.267. The van der Waals surface area contributed by atoms with Crippen molar-refractivity contribution in [3.63, 3.8) is 0 Å². The molecule has 100 valence electrons. The van der Waals surface area contributed by atoms with Gasteiger partial charge in [0.05, 0.1) is 0 Å². The highest BCUT2D eigenvalue weighted by atomic mass is 32.1. The molecule has 0 aliphatic carbocycles. The van der Waals surface area contributed by atoms with Gasteiger partial charge in [0.15, 0.2) is 0 Å². The molecule has 19 heavy (non-hydrogen) atoms. The van der Waals surface area contributed by atoms with Crippen LogP contribution in [0, 0.1) is 0 Å². The Morgan fingerprint density at radius 2 is 2.05 bits per heavy atom. The monoisotopic (exact) mass is 290 g/mol. The normalized spacial score (nSPS) is 12.6. The van der Waals surface area contributed by atoms with Crippen molar-refractivity contribution in [2.75, 3.05) is 7.05 Å². The summed E-state index contributed by atoms with van der Waals surface area (Å²) < 4.78 is 0. The smallest absolute Gasteiger partial charge is 0.104 e. The van der Waals surface area contributed by atoms with Gasteiger partial charge < -0.3 is 5.73 Å². The zero-order chi connectivity index (χ0) is 13.8. The predicted molar refractivity (Wildman–Crippen MR) is 86.5 cm³/mol. The molecule has 0 aliphatic rings. The Bertz CT molecular complexity index is 549. The van der Waals surface area contributed by atoms with Crippen molar-refractivity contribution in [3.8, 4) is 0 Å². The summed E-state index contributed by atoms with van der Waals surface area (Å²) in [4.78, 5) is 4.14. The first-order chi connectivity index (χ1) is 9.09. The number of hydrogen-bond acceptors (Lipinski definition) is 3. The molecule has 2 N–H and O–H groups in total. The van der Waals surface area contributed by atoms with E-state index >= 15 is 0 Å². The van der Waals surface area contributed by atoms with Gasteiger partial charge >= 0.3 is 0 Å². The minimum Gasteiger partial charge on any atom is -0.389 e. The third-order valence-corrected chi connectivity index (χ3v) is 4.58. The molecular weight excluding hydrogens is 272 g/mol. The molecule has 2 aromatic rings. The van der Waals surface area contributed by atoms with Crippen LogP contribution in [0.4, 0.5) is 0 Å². The first kappa shape index (κ1) is 14.2. The van der Waals surface area contributed by atoms with Crippen LogP contribution in [0.25, 0.3) is 0 Å². The van der Waals surface area contributed by atoms with Crippen LogP contribution < -0.4 is 5.73 Å². The van der Waals surface area contributed by atoms with Gasteiger partial charge in [-0.2, -0.15) is 0 Å². The summed E-state index contributed by atoms with van der Waals surface area (Å²) >= 11 is 6.90. The molecule has 0 saturated heterocycles. The van der Waals surface area contributed by atoms with E-state index in [0.29, 0.717) is 11.0 Å². The highest BCUT2D eigenvalue weighted by molar-refractivity contribution is 7.80. The van der Waals surface area contributed by atoms with Crippen LogP contribution in [0.2, 0.25) is 0 Å². The fourth-order valence-electron chi connectivity index (χ4n) is 2.05. The SMILES string of the molecule is CC(c1cccs1)N(C)Cc1ccccc1C(N)=S. The predicted octanol–water partition coefficient (Wildman–Crippen LogP) is 3.58. The summed E-state index contributed by atoms with van der Waals surface area (Å²) in [6, 6.07) is 12.7. The second kappa shape index (κ2) is 6.28. The molecule has 2 nitrogen and oxygen atoms in total. The number of nitrogens with zero attached hydrogens (tertiary/aromatic N) is 1. The van der Waals surface area contributed by atoms with Crippen LogP contribution in [0.15, 0.2) is 41.8 Å². The summed E-state index contributed by atoms with van der Waals surface area (Å²) in [7, 11) is 2.13. The maximum atomic E-state index is 5.78. The van der Waals surface area contributed by atoms with E-state index in [0.717, 1.165) is 12.1 Å². The van der Waals surface area contributed by atoms with Crippen LogP contribution in [0.3, 0.4) is 0 Å². The topological polar surface area (TPSA) is 29.3 Å². The second-order valence-electron chi connectivity index (χ2n) is 4.63. The number of benzene rings is 1. The number of thiophene rings is 1. The Morgan fingerprint density at radius 1 is 1.32 bits per heavy atom. The average molecular weight is 290 g/mol. The van der Waals surface area contributed by atoms with Crippen LogP contribution >= 0.6 is 23.6 Å². The van der Waals surface area contributed by atoms with Gasteiger partial charge in [-0.25, -0.2) is 0 Å². The fourth-order valence-corrected chi connectivity index (χ4v) is 3.10. The third kappa shape index (κ3) is 3.41. The standard InChI is InChI=1S/C15H18N2S2/c1-11(14-8-5-9-19-14)17(2)10-12-6-3-4-7-13(12)15(16)18/h3-9,11H,10H2,1-2H3,(H2,16,18). The number of rotatable bonds is 5. The van der Waals surface area contributed by atoms with Crippen molar-refractivity contribution >= 4 is 28.5 Å². The molecule has 0 bridgehead atoms. The molecule has 1 aromatic heterocycles. The summed E-state index contributed by atoms with van der Waals surface area (Å²) in [6.45, 7) is 3.06. The van der Waals surface area contributed by atoms with Crippen LogP contribution in [-0.2, 0) is 6.54 Å². The molecule has 1 atom stereocenters. The van der Waals surface area contributed by atoms with Crippen molar-refractivity contribution in [2.45, 2.75) is 19.5 Å². The van der Waals surface area contributed by atoms with Gasteiger partial charge in [-0.15, -0.1) is 11.3 Å². The Balaban J connectivity index is 2.15. The largest absolute Gasteiger partial charge is 0.389 e. The van der Waals surface area contributed by atoms with E-state index in [1.807, 2.05) is 18.2 Å². The van der Waals surface area contributed by atoms with Crippen molar-refractivity contribution in [1.29, 1.82) is 0 Å². The van der Waals surface area contributed by atoms with E-state index in [2.05, 4.69) is 42.5 Å². The minimum atomic E-state index is 0.388. The molecule has 1 unspecified atom stereocenters. The lowest BCUT2D eigenvalue weighted by molar-refractivity contribution is 0.256. The van der Waals surface area contributed by atoms with Gasteiger partial charge in [-0.1, -0.05) is 42.5 Å². The zero-order valence-corrected chi connectivity index (χ0v) is 12.8. The summed E-state index contributed by atoms with van der Waals surface area (Å²) in [5.74, 6) is 0. The van der Waals surface area contributed by atoms with Gasteiger partial charge in [0.25, 0.3) is 0 Å². The lowest BCUT2D eigenvalue weighted by atomic mass is 10.1. The molecule has 0 aliphatic heterocycles. The Labute approximate surface area is 123 Å². The van der Waals surface area contributed by atoms with Crippen LogP contribution in [-0.4, -0.2) is 16.9 Å². The number of nitrogens with two attached hydrogens (primary N) is 1. The van der Waals surface area contributed by atoms with Gasteiger partial charge in [0.2, 0.25) is 0 Å². The van der Waals surface area contributed by atoms with Gasteiger partial charge in [0, 0.05) is 23.0 Å². The molecule has 1 heterocycles. The average Bonchev–Trinajstić information content (AvgIpc) is 2.92. The molecule has 0 spiro atoms. The summed E-state index contributed by atoms with van der Waals surface area (Å²) in [5.41, 5.74) is 7.93. The zero-order valence-electron chi connectivity index (χ0n) is 11.2. The molecule has 0 amide bonds. The molecule has 0 radical (unpaired) electrons. The van der Waals surface area contributed by atoms with E-state index in [-0.39, 0.29) is 0 Å². The molecule has 0 fully saturated rings. The summed E-state index contributed by atoms with van der Waals surface area (Å²) in [6.07, 6.45) is 0. The summed E-state index contributed by atoms with van der Waals surface area (Å²) in [5, 5.41) is 2.11. The lowest BCUT2D eigenvalue weighted by Crippen LogP contribution is -2.23. The second-order valence-corrected chi connectivity index (χ2v) is 6.05. The lowest BCUT2D eigenvalue weighted by Gasteiger charge is -2.24. The first-order valence-corrected chi connectivity index (χ1v) is 7.49. The van der Waals surface area contributed by atoms with Crippen LogP contribution in [0.5, 0.6) is 0 Å². The van der Waals surface area contributed by atoms with E-state index in [4.69, 9.17) is 18.0 Å². The molecule has 0 saturated carbocycles. The minimum absolute atomic E-state index is 0.388. The highest BCUT2D eigenvalue weighted by Gasteiger charge is 2.14. The molecule has 1 aromatic carbocycles. The third-order valence-electron chi connectivity index (χ3n) is 3.32. The first-order valence-electron chi connectivity index (χ1n) is 6.21. The Morgan fingerprint density at radius 3 is 2.68 bits per heavy atom. The Hall–Kier alpha value is -1.23. The molecule has 2 rings (SSSR count). The van der Waals surface area contributed by atoms with Crippen LogP contribution in [0.1, 0.15) is 29.0 Å². The van der Waals surface area contributed by atoms with E-state index in [1.54, 1.807) is 11.3 Å². The van der Waals surface area contributed by atoms with Crippen molar-refractivity contribution in [1.82, 2.24) is 4.90 Å². The Kier molecular flexibility index (Phi) is 4.69. The van der Waals surface area contributed by atoms with Crippen molar-refractivity contribution in [3.05, 3.63) is 57.8 Å². The van der Waals surface area contributed by atoms with Crippen molar-refractivity contribution < 1.29 is 0 Å². The van der Waals surface area contributed by atoms with Gasteiger partial charge in [0.1, 0.15) is 4.99 Å². The maximum absolute atomic E-state index is 5.78. The molecule has 4 heteroatoms. The quantitative estimate of drug-likeness (QED) is 0.854. The highest BCUT2D eigenvalue weighted by Crippen LogP contribution is 2.25. The number of hydrogen-bond donors (Lipinski definition) is 1. The van der Waals surface area contributed by atoms with E-state index in [1.165, 1.54) is 10.4 Å².